The van der Waals surface area contributed by atoms with Crippen LogP contribution in [-0.4, -0.2) is 77.8 Å². The van der Waals surface area contributed by atoms with Gasteiger partial charge in [-0.15, -0.1) is 5.92 Å². The fourth-order valence-electron chi connectivity index (χ4n) is 5.63. The first-order chi connectivity index (χ1) is 20.7. The van der Waals surface area contributed by atoms with E-state index in [1.807, 2.05) is 43.3 Å². The lowest BCUT2D eigenvalue weighted by Crippen LogP contribution is -2.45. The summed E-state index contributed by atoms with van der Waals surface area (Å²) >= 11 is 0. The van der Waals surface area contributed by atoms with Gasteiger partial charge in [0.2, 0.25) is 5.91 Å². The van der Waals surface area contributed by atoms with Crippen LogP contribution in [0, 0.1) is 11.8 Å². The van der Waals surface area contributed by atoms with Crippen molar-refractivity contribution in [2.24, 2.45) is 0 Å². The van der Waals surface area contributed by atoms with E-state index >= 15 is 0 Å². The molecular weight excluding hydrogens is 528 g/mol. The van der Waals surface area contributed by atoms with Crippen LogP contribution in [0.4, 0.5) is 17.3 Å². The Morgan fingerprint density at radius 2 is 1.93 bits per heavy atom. The first-order valence-corrected chi connectivity index (χ1v) is 14.6. The number of rotatable bonds is 8. The fourth-order valence-corrected chi connectivity index (χ4v) is 5.63. The molecule has 2 aliphatic rings. The average Bonchev–Trinajstić information content (AvgIpc) is 3.47. The zero-order valence-electron chi connectivity index (χ0n) is 23.9. The second-order valence-electron chi connectivity index (χ2n) is 10.7. The number of aromatic amines is 1. The lowest BCUT2D eigenvalue weighted by atomic mass is 10.0. The number of morpholine rings is 1. The number of benzene rings is 1. The number of ether oxygens (including phenoxy) is 1. The van der Waals surface area contributed by atoms with E-state index in [-0.39, 0.29) is 12.3 Å². The predicted molar refractivity (Wildman–Crippen MR) is 166 cm³/mol. The normalized spacial score (nSPS) is 17.1. The summed E-state index contributed by atoms with van der Waals surface area (Å²) in [5, 5.41) is 7.49. The molecule has 1 atom stereocenters. The number of piperidine rings is 1. The maximum Gasteiger partial charge on any atom is 0.229 e. The first kappa shape index (κ1) is 27.7. The molecule has 1 aromatic carbocycles. The van der Waals surface area contributed by atoms with Crippen LogP contribution in [0.5, 0.6) is 0 Å². The van der Waals surface area contributed by atoms with Crippen LogP contribution in [0.15, 0.2) is 55.0 Å². The van der Waals surface area contributed by atoms with Crippen LogP contribution < -0.4 is 20.4 Å². The Hall–Kier alpha value is -4.46. The van der Waals surface area contributed by atoms with Crippen molar-refractivity contribution in [3.63, 3.8) is 0 Å². The van der Waals surface area contributed by atoms with Gasteiger partial charge in [-0.25, -0.2) is 15.0 Å². The monoisotopic (exact) mass is 564 g/mol. The molecule has 3 aromatic heterocycles. The molecule has 216 valence electrons. The van der Waals surface area contributed by atoms with Gasteiger partial charge in [-0.05, 0) is 43.0 Å². The summed E-state index contributed by atoms with van der Waals surface area (Å²) in [4.78, 5) is 34.3. The molecule has 10 nitrogen and oxygen atoms in total. The highest BCUT2D eigenvalue weighted by atomic mass is 16.5. The minimum absolute atomic E-state index is 0.0974. The maximum atomic E-state index is 12.9. The third kappa shape index (κ3) is 6.54. The Labute approximate surface area is 245 Å². The van der Waals surface area contributed by atoms with Crippen molar-refractivity contribution in [1.82, 2.24) is 25.3 Å². The molecule has 4 aromatic rings. The Bertz CT molecular complexity index is 1580. The molecule has 10 heteroatoms. The van der Waals surface area contributed by atoms with Gasteiger partial charge >= 0.3 is 0 Å². The summed E-state index contributed by atoms with van der Waals surface area (Å²) in [5.74, 6) is 7.41. The second kappa shape index (κ2) is 13.0. The number of carbonyl (C=O) groups excluding carboxylic acids is 1. The Kier molecular flexibility index (Phi) is 8.59. The van der Waals surface area contributed by atoms with E-state index in [9.17, 15) is 4.79 Å². The standard InChI is InChI=1S/C32H36N8O2/c1-2-3-11-33-25-5-4-13-40(21-25)26-10-12-34-29(19-26)38-30(41)18-23-6-8-24(9-7-23)28-20-27-31(37-28)35-22-36-32(27)39-14-16-42-17-15-39/h6-10,12,19-20,22,25,33H,4-5,11,13-18,21H2,1H3,(H,34,38,41)(H,35,36,37)/t25-/m1/s1. The number of H-pyrrole nitrogens is 1. The maximum absolute atomic E-state index is 12.9. The second-order valence-corrected chi connectivity index (χ2v) is 10.7. The minimum Gasteiger partial charge on any atom is -0.378 e. The Balaban J connectivity index is 1.08. The number of amides is 1. The lowest BCUT2D eigenvalue weighted by Gasteiger charge is -2.34. The van der Waals surface area contributed by atoms with Gasteiger partial charge < -0.3 is 30.2 Å². The van der Waals surface area contributed by atoms with Crippen molar-refractivity contribution in [3.05, 3.63) is 60.6 Å². The van der Waals surface area contributed by atoms with Crippen LogP contribution in [0.1, 0.15) is 25.3 Å². The van der Waals surface area contributed by atoms with E-state index in [0.717, 1.165) is 78.4 Å². The lowest BCUT2D eigenvalue weighted by molar-refractivity contribution is -0.115. The number of hydrogen-bond acceptors (Lipinski definition) is 8. The van der Waals surface area contributed by atoms with E-state index in [1.54, 1.807) is 12.5 Å². The van der Waals surface area contributed by atoms with Gasteiger partial charge in [-0.2, -0.15) is 0 Å². The Morgan fingerprint density at radius 3 is 2.76 bits per heavy atom. The number of carbonyl (C=O) groups is 1. The van der Waals surface area contributed by atoms with Gasteiger partial charge in [0.15, 0.2) is 0 Å². The van der Waals surface area contributed by atoms with Crippen LogP contribution in [0.3, 0.4) is 0 Å². The van der Waals surface area contributed by atoms with Crippen LogP contribution in [-0.2, 0) is 16.0 Å². The zero-order chi connectivity index (χ0) is 28.7. The summed E-state index contributed by atoms with van der Waals surface area (Å²) in [6.07, 6.45) is 5.87. The molecule has 2 aliphatic heterocycles. The zero-order valence-corrected chi connectivity index (χ0v) is 23.9. The molecule has 2 saturated heterocycles. The van der Waals surface area contributed by atoms with Crippen LogP contribution in [0.2, 0.25) is 0 Å². The highest BCUT2D eigenvalue weighted by Crippen LogP contribution is 2.29. The van der Waals surface area contributed by atoms with Crippen molar-refractivity contribution in [1.29, 1.82) is 0 Å². The van der Waals surface area contributed by atoms with Gasteiger partial charge in [0.05, 0.1) is 31.6 Å². The molecule has 0 radical (unpaired) electrons. The predicted octanol–water partition coefficient (Wildman–Crippen LogP) is 3.62. The van der Waals surface area contributed by atoms with E-state index in [0.29, 0.717) is 31.6 Å². The molecule has 2 fully saturated rings. The third-order valence-electron chi connectivity index (χ3n) is 7.80. The molecule has 0 bridgehead atoms. The van der Waals surface area contributed by atoms with E-state index in [2.05, 4.69) is 58.3 Å². The van der Waals surface area contributed by atoms with Crippen molar-refractivity contribution in [2.45, 2.75) is 32.2 Å². The summed E-state index contributed by atoms with van der Waals surface area (Å²) < 4.78 is 5.49. The number of nitrogens with zero attached hydrogens (tertiary/aromatic N) is 5. The number of hydrogen-bond donors (Lipinski definition) is 3. The third-order valence-corrected chi connectivity index (χ3v) is 7.80. The fraction of sp³-hybridized carbons (Fsp3) is 0.375. The highest BCUT2D eigenvalue weighted by Gasteiger charge is 2.20. The van der Waals surface area contributed by atoms with Crippen molar-refractivity contribution >= 4 is 34.3 Å². The molecule has 0 aliphatic carbocycles. The van der Waals surface area contributed by atoms with Crippen molar-refractivity contribution in [2.75, 3.05) is 61.1 Å². The van der Waals surface area contributed by atoms with Gasteiger partial charge in [0, 0.05) is 55.9 Å². The SMILES string of the molecule is CC#CCN[C@@H]1CCCN(c2ccnc(NC(=O)Cc3ccc(-c4cc5c(N6CCOCC6)ncnc5[nH]4)cc3)c2)C1. The van der Waals surface area contributed by atoms with Crippen LogP contribution >= 0.6 is 0 Å². The molecule has 1 amide bonds. The number of anilines is 3. The van der Waals surface area contributed by atoms with Gasteiger partial charge in [0.1, 0.15) is 23.6 Å². The van der Waals surface area contributed by atoms with Crippen LogP contribution in [0.25, 0.3) is 22.3 Å². The Morgan fingerprint density at radius 1 is 1.07 bits per heavy atom. The summed E-state index contributed by atoms with van der Waals surface area (Å²) in [5.41, 5.74) is 4.79. The number of aromatic nitrogens is 4. The average molecular weight is 565 g/mol. The quantitative estimate of drug-likeness (QED) is 0.279. The van der Waals surface area contributed by atoms with Crippen molar-refractivity contribution in [3.8, 4) is 23.1 Å². The topological polar surface area (TPSA) is 111 Å². The van der Waals surface area contributed by atoms with Gasteiger partial charge in [0.25, 0.3) is 0 Å². The van der Waals surface area contributed by atoms with E-state index < -0.39 is 0 Å². The van der Waals surface area contributed by atoms with E-state index in [4.69, 9.17) is 4.74 Å². The number of pyridine rings is 1. The number of nitrogens with one attached hydrogen (secondary N) is 3. The molecule has 5 heterocycles. The smallest absolute Gasteiger partial charge is 0.229 e. The molecule has 0 spiro atoms. The number of fused-ring (bicyclic) bond motifs is 1. The largest absolute Gasteiger partial charge is 0.378 e. The van der Waals surface area contributed by atoms with Gasteiger partial charge in [-0.1, -0.05) is 30.2 Å². The summed E-state index contributed by atoms with van der Waals surface area (Å²) in [7, 11) is 0. The summed E-state index contributed by atoms with van der Waals surface area (Å²) in [6, 6.07) is 14.5. The molecular formula is C32H36N8O2. The molecule has 0 unspecified atom stereocenters. The first-order valence-electron chi connectivity index (χ1n) is 14.6. The van der Waals surface area contributed by atoms with Gasteiger partial charge in [-0.3, -0.25) is 4.79 Å². The molecule has 6 rings (SSSR count). The molecule has 3 N–H and O–H groups in total. The van der Waals surface area contributed by atoms with Crippen molar-refractivity contribution < 1.29 is 9.53 Å². The highest BCUT2D eigenvalue weighted by molar-refractivity contribution is 5.93. The minimum atomic E-state index is -0.0974. The summed E-state index contributed by atoms with van der Waals surface area (Å²) in [6.45, 7) is 7.49. The molecule has 0 saturated carbocycles. The molecule has 42 heavy (non-hydrogen) atoms. The van der Waals surface area contributed by atoms with E-state index in [1.165, 1.54) is 0 Å².